The molecule has 2 heterocycles. The predicted octanol–water partition coefficient (Wildman–Crippen LogP) is 3.08. The first-order valence-electron chi connectivity index (χ1n) is 9.77. The lowest BCUT2D eigenvalue weighted by molar-refractivity contribution is 0.0168. The molecule has 7 heteroatoms. The van der Waals surface area contributed by atoms with Gasteiger partial charge in [-0.15, -0.1) is 0 Å². The van der Waals surface area contributed by atoms with Crippen LogP contribution in [0.1, 0.15) is 53.4 Å². The van der Waals surface area contributed by atoms with Gasteiger partial charge in [0.15, 0.2) is 5.96 Å². The fraction of sp³-hybridized carbons (Fsp3) is 0.895. The van der Waals surface area contributed by atoms with Crippen LogP contribution < -0.4 is 10.6 Å². The summed E-state index contributed by atoms with van der Waals surface area (Å²) >= 11 is 2.05. The zero-order chi connectivity index (χ0) is 19.2. The minimum absolute atomic E-state index is 0.198. The molecule has 0 spiro atoms. The Bertz CT molecular complexity index is 498. The molecule has 150 valence electrons. The Kier molecular flexibility index (Phi) is 7.50. The molecule has 0 bridgehead atoms. The number of rotatable bonds is 4. The smallest absolute Gasteiger partial charge is 0.410 e. The molecule has 2 rings (SSSR count). The standard InChI is InChI=1S/C19H36N4O2S/c1-18(2,3)25-17(24)23-10-6-8-15(13-23)12-21-16(20-5)22-14-19(4)9-7-11-26-19/h15H,6-14H2,1-5H3,(H2,20,21,22). The highest BCUT2D eigenvalue weighted by molar-refractivity contribution is 8.00. The maximum absolute atomic E-state index is 12.3. The summed E-state index contributed by atoms with van der Waals surface area (Å²) in [6.07, 6.45) is 4.51. The van der Waals surface area contributed by atoms with E-state index in [1.165, 1.54) is 18.6 Å². The van der Waals surface area contributed by atoms with E-state index in [1.54, 1.807) is 0 Å². The Hall–Kier alpha value is -1.11. The molecule has 0 aromatic rings. The van der Waals surface area contributed by atoms with E-state index in [0.29, 0.717) is 10.7 Å². The fourth-order valence-electron chi connectivity index (χ4n) is 3.43. The number of likely N-dealkylation sites (tertiary alicyclic amines) is 1. The van der Waals surface area contributed by atoms with Crippen molar-refractivity contribution in [3.63, 3.8) is 0 Å². The number of hydrogen-bond donors (Lipinski definition) is 2. The average molecular weight is 385 g/mol. The van der Waals surface area contributed by atoms with Gasteiger partial charge < -0.3 is 20.3 Å². The van der Waals surface area contributed by atoms with E-state index in [-0.39, 0.29) is 6.09 Å². The van der Waals surface area contributed by atoms with E-state index >= 15 is 0 Å². The molecule has 0 aromatic heterocycles. The Morgan fingerprint density at radius 3 is 2.73 bits per heavy atom. The fourth-order valence-corrected chi connectivity index (χ4v) is 4.68. The third-order valence-corrected chi connectivity index (χ3v) is 6.42. The number of carbonyl (C=O) groups excluding carboxylic acids is 1. The van der Waals surface area contributed by atoms with Gasteiger partial charge in [0, 0.05) is 38.0 Å². The second-order valence-electron chi connectivity index (χ2n) is 8.64. The number of guanidine groups is 1. The Morgan fingerprint density at radius 2 is 2.12 bits per heavy atom. The van der Waals surface area contributed by atoms with Gasteiger partial charge in [-0.25, -0.2) is 4.79 Å². The van der Waals surface area contributed by atoms with Crippen LogP contribution in [0.25, 0.3) is 0 Å². The summed E-state index contributed by atoms with van der Waals surface area (Å²) in [5.74, 6) is 2.53. The van der Waals surface area contributed by atoms with Crippen LogP contribution in [0.5, 0.6) is 0 Å². The second-order valence-corrected chi connectivity index (χ2v) is 10.3. The topological polar surface area (TPSA) is 66.0 Å². The van der Waals surface area contributed by atoms with Gasteiger partial charge in [0.2, 0.25) is 0 Å². The number of ether oxygens (including phenoxy) is 1. The number of carbonyl (C=O) groups is 1. The largest absolute Gasteiger partial charge is 0.444 e. The lowest BCUT2D eigenvalue weighted by atomic mass is 9.98. The molecule has 2 N–H and O–H groups in total. The Balaban J connectivity index is 1.75. The van der Waals surface area contributed by atoms with Crippen LogP contribution in [-0.2, 0) is 4.74 Å². The third kappa shape index (κ3) is 6.89. The number of nitrogens with one attached hydrogen (secondary N) is 2. The predicted molar refractivity (Wildman–Crippen MR) is 110 cm³/mol. The van der Waals surface area contributed by atoms with Crippen LogP contribution in [0, 0.1) is 5.92 Å². The Morgan fingerprint density at radius 1 is 1.35 bits per heavy atom. The summed E-state index contributed by atoms with van der Waals surface area (Å²) in [4.78, 5) is 18.5. The van der Waals surface area contributed by atoms with Crippen molar-refractivity contribution in [1.82, 2.24) is 15.5 Å². The van der Waals surface area contributed by atoms with E-state index in [1.807, 2.05) is 44.5 Å². The minimum Gasteiger partial charge on any atom is -0.444 e. The molecule has 2 saturated heterocycles. The first-order valence-corrected chi connectivity index (χ1v) is 10.8. The molecule has 0 saturated carbocycles. The molecular formula is C19H36N4O2S. The average Bonchev–Trinajstić information content (AvgIpc) is 3.01. The highest BCUT2D eigenvalue weighted by Crippen LogP contribution is 2.36. The second kappa shape index (κ2) is 9.20. The SMILES string of the molecule is CN=C(NCC1CCCN(C(=O)OC(C)(C)C)C1)NCC1(C)CCCS1. The summed E-state index contributed by atoms with van der Waals surface area (Å²) in [5, 5.41) is 6.91. The van der Waals surface area contributed by atoms with E-state index in [2.05, 4.69) is 22.5 Å². The molecule has 2 unspecified atom stereocenters. The molecule has 2 atom stereocenters. The van der Waals surface area contributed by atoms with Crippen molar-refractivity contribution >= 4 is 23.8 Å². The maximum Gasteiger partial charge on any atom is 0.410 e. The maximum atomic E-state index is 12.3. The van der Waals surface area contributed by atoms with Crippen LogP contribution in [-0.4, -0.2) is 66.3 Å². The third-order valence-electron chi connectivity index (χ3n) is 4.88. The molecule has 2 aliphatic heterocycles. The van der Waals surface area contributed by atoms with Crippen molar-refractivity contribution in [2.75, 3.05) is 39.0 Å². The highest BCUT2D eigenvalue weighted by atomic mass is 32.2. The van der Waals surface area contributed by atoms with Crippen molar-refractivity contribution < 1.29 is 9.53 Å². The van der Waals surface area contributed by atoms with Gasteiger partial charge in [-0.2, -0.15) is 11.8 Å². The summed E-state index contributed by atoms with van der Waals surface area (Å²) in [6.45, 7) is 11.3. The normalized spacial score (nSPS) is 27.3. The van der Waals surface area contributed by atoms with Crippen LogP contribution in [0.3, 0.4) is 0 Å². The monoisotopic (exact) mass is 384 g/mol. The van der Waals surface area contributed by atoms with Gasteiger partial charge in [-0.3, -0.25) is 4.99 Å². The zero-order valence-electron chi connectivity index (χ0n) is 17.1. The number of thioether (sulfide) groups is 1. The number of aliphatic imine (C=N–C) groups is 1. The lowest BCUT2D eigenvalue weighted by Gasteiger charge is -2.34. The van der Waals surface area contributed by atoms with Gasteiger partial charge in [-0.05, 0) is 65.0 Å². The molecule has 0 radical (unpaired) electrons. The number of amides is 1. The van der Waals surface area contributed by atoms with Crippen molar-refractivity contribution in [1.29, 1.82) is 0 Å². The van der Waals surface area contributed by atoms with E-state index < -0.39 is 5.60 Å². The molecule has 6 nitrogen and oxygen atoms in total. The van der Waals surface area contributed by atoms with Gasteiger partial charge in [-0.1, -0.05) is 0 Å². The van der Waals surface area contributed by atoms with Gasteiger partial charge in [0.1, 0.15) is 5.60 Å². The van der Waals surface area contributed by atoms with Crippen molar-refractivity contribution in [2.45, 2.75) is 63.7 Å². The van der Waals surface area contributed by atoms with E-state index in [0.717, 1.165) is 45.0 Å². The van der Waals surface area contributed by atoms with Crippen LogP contribution in [0.4, 0.5) is 4.79 Å². The Labute approximate surface area is 162 Å². The van der Waals surface area contributed by atoms with Gasteiger partial charge >= 0.3 is 6.09 Å². The lowest BCUT2D eigenvalue weighted by Crippen LogP contribution is -2.48. The zero-order valence-corrected chi connectivity index (χ0v) is 17.9. The van der Waals surface area contributed by atoms with Crippen LogP contribution in [0.15, 0.2) is 4.99 Å². The van der Waals surface area contributed by atoms with Crippen molar-refractivity contribution in [2.24, 2.45) is 10.9 Å². The van der Waals surface area contributed by atoms with E-state index in [9.17, 15) is 4.79 Å². The summed E-state index contributed by atoms with van der Waals surface area (Å²) in [7, 11) is 1.81. The highest BCUT2D eigenvalue weighted by Gasteiger charge is 2.30. The number of hydrogen-bond acceptors (Lipinski definition) is 4. The molecule has 2 fully saturated rings. The first kappa shape index (κ1) is 21.2. The number of nitrogens with zero attached hydrogens (tertiary/aromatic N) is 2. The molecule has 2 aliphatic rings. The summed E-state index contributed by atoms with van der Waals surface area (Å²) in [5.41, 5.74) is -0.442. The summed E-state index contributed by atoms with van der Waals surface area (Å²) in [6, 6.07) is 0. The van der Waals surface area contributed by atoms with Gasteiger partial charge in [0.05, 0.1) is 0 Å². The van der Waals surface area contributed by atoms with Crippen molar-refractivity contribution in [3.05, 3.63) is 0 Å². The van der Waals surface area contributed by atoms with Crippen LogP contribution in [0.2, 0.25) is 0 Å². The van der Waals surface area contributed by atoms with Crippen molar-refractivity contribution in [3.8, 4) is 0 Å². The molecule has 26 heavy (non-hydrogen) atoms. The van der Waals surface area contributed by atoms with Crippen LogP contribution >= 0.6 is 11.8 Å². The summed E-state index contributed by atoms with van der Waals surface area (Å²) < 4.78 is 5.82. The molecule has 1 amide bonds. The quantitative estimate of drug-likeness (QED) is 0.576. The minimum atomic E-state index is -0.442. The molecule has 0 aromatic carbocycles. The van der Waals surface area contributed by atoms with Gasteiger partial charge in [0.25, 0.3) is 0 Å². The van der Waals surface area contributed by atoms with E-state index in [4.69, 9.17) is 4.74 Å². The number of piperidine rings is 1. The molecular weight excluding hydrogens is 348 g/mol. The first-order chi connectivity index (χ1) is 12.2. The molecule has 0 aliphatic carbocycles.